The Morgan fingerprint density at radius 3 is 2.62 bits per heavy atom. The van der Waals surface area contributed by atoms with Crippen molar-refractivity contribution >= 4 is 26.2 Å². The van der Waals surface area contributed by atoms with Crippen LogP contribution in [0.2, 0.25) is 0 Å². The summed E-state index contributed by atoms with van der Waals surface area (Å²) in [6.07, 6.45) is 2.08. The van der Waals surface area contributed by atoms with E-state index in [2.05, 4.69) is 40.8 Å². The minimum absolute atomic E-state index is 0.208. The number of benzene rings is 1. The van der Waals surface area contributed by atoms with Crippen LogP contribution in [-0.2, 0) is 0 Å². The normalized spacial score (nSPS) is 14.2. The Morgan fingerprint density at radius 2 is 2.08 bits per heavy atom. The van der Waals surface area contributed by atoms with Gasteiger partial charge in [0.15, 0.2) is 0 Å². The fraction of sp³-hybridized carbons (Fsp3) is 0.273. The molecule has 0 aliphatic rings. The highest BCUT2D eigenvalue weighted by Crippen LogP contribution is 2.22. The standard InChI is InChI=1S/C11H13IO/c1-9(8-13)7-11(12)10-5-3-2-4-6-10/h2-7,9,13H,8H2,1H3/b11-7-. The molecule has 0 aromatic heterocycles. The summed E-state index contributed by atoms with van der Waals surface area (Å²) in [7, 11) is 0. The molecule has 0 amide bonds. The molecule has 1 rings (SSSR count). The lowest BCUT2D eigenvalue weighted by Crippen LogP contribution is -1.95. The van der Waals surface area contributed by atoms with Crippen LogP contribution in [0.3, 0.4) is 0 Å². The molecular formula is C11H13IO. The maximum Gasteiger partial charge on any atom is 0.0491 e. The van der Waals surface area contributed by atoms with Crippen LogP contribution in [0, 0.1) is 5.92 Å². The Bertz CT molecular complexity index is 279. The first-order chi connectivity index (χ1) is 6.24. The Kier molecular flexibility index (Phi) is 4.45. The first-order valence-corrected chi connectivity index (χ1v) is 5.35. The zero-order valence-electron chi connectivity index (χ0n) is 7.57. The van der Waals surface area contributed by atoms with Crippen LogP contribution in [0.25, 0.3) is 3.58 Å². The van der Waals surface area contributed by atoms with Crippen molar-refractivity contribution in [3.63, 3.8) is 0 Å². The van der Waals surface area contributed by atoms with Crippen molar-refractivity contribution in [3.05, 3.63) is 42.0 Å². The molecule has 0 heterocycles. The van der Waals surface area contributed by atoms with Gasteiger partial charge in [-0.05, 0) is 34.1 Å². The van der Waals surface area contributed by atoms with Crippen LogP contribution in [0.4, 0.5) is 0 Å². The lowest BCUT2D eigenvalue weighted by molar-refractivity contribution is 0.262. The summed E-state index contributed by atoms with van der Waals surface area (Å²) in [5.74, 6) is 0.229. The highest BCUT2D eigenvalue weighted by atomic mass is 127. The molecule has 0 radical (unpaired) electrons. The van der Waals surface area contributed by atoms with Gasteiger partial charge < -0.3 is 5.11 Å². The third-order valence-corrected chi connectivity index (χ3v) is 2.75. The topological polar surface area (TPSA) is 20.2 Å². The fourth-order valence-electron chi connectivity index (χ4n) is 0.996. The van der Waals surface area contributed by atoms with Crippen molar-refractivity contribution in [2.45, 2.75) is 6.92 Å². The molecule has 0 aliphatic carbocycles. The summed E-state index contributed by atoms with van der Waals surface area (Å²) in [6.45, 7) is 2.21. The lowest BCUT2D eigenvalue weighted by Gasteiger charge is -2.03. The van der Waals surface area contributed by atoms with E-state index in [9.17, 15) is 0 Å². The van der Waals surface area contributed by atoms with Gasteiger partial charge in [-0.2, -0.15) is 0 Å². The second-order valence-electron chi connectivity index (χ2n) is 3.04. The summed E-state index contributed by atoms with van der Waals surface area (Å²) in [4.78, 5) is 0. The summed E-state index contributed by atoms with van der Waals surface area (Å²) < 4.78 is 1.19. The van der Waals surface area contributed by atoms with Gasteiger partial charge in [-0.1, -0.05) is 43.3 Å². The molecule has 1 atom stereocenters. The monoisotopic (exact) mass is 288 g/mol. The smallest absolute Gasteiger partial charge is 0.0491 e. The van der Waals surface area contributed by atoms with Crippen LogP contribution in [0.5, 0.6) is 0 Å². The zero-order valence-corrected chi connectivity index (χ0v) is 9.73. The molecule has 0 saturated carbocycles. The molecule has 0 aliphatic heterocycles. The largest absolute Gasteiger partial charge is 0.396 e. The van der Waals surface area contributed by atoms with Crippen molar-refractivity contribution < 1.29 is 5.11 Å². The summed E-state index contributed by atoms with van der Waals surface area (Å²) >= 11 is 2.30. The van der Waals surface area contributed by atoms with Gasteiger partial charge in [-0.15, -0.1) is 0 Å². The maximum absolute atomic E-state index is 8.88. The molecule has 0 bridgehead atoms. The third-order valence-electron chi connectivity index (χ3n) is 1.77. The number of aliphatic hydroxyl groups is 1. The van der Waals surface area contributed by atoms with Crippen LogP contribution in [0.15, 0.2) is 36.4 Å². The van der Waals surface area contributed by atoms with E-state index in [0.717, 1.165) is 0 Å². The lowest BCUT2D eigenvalue weighted by atomic mass is 10.1. The Balaban J connectivity index is 2.79. The van der Waals surface area contributed by atoms with Crippen molar-refractivity contribution in [1.29, 1.82) is 0 Å². The fourth-order valence-corrected chi connectivity index (χ4v) is 1.97. The Morgan fingerprint density at radius 1 is 1.46 bits per heavy atom. The quantitative estimate of drug-likeness (QED) is 0.847. The van der Waals surface area contributed by atoms with Gasteiger partial charge in [-0.3, -0.25) is 0 Å². The van der Waals surface area contributed by atoms with E-state index in [1.165, 1.54) is 9.14 Å². The predicted octanol–water partition coefficient (Wildman–Crippen LogP) is 3.09. The maximum atomic E-state index is 8.88. The van der Waals surface area contributed by atoms with Gasteiger partial charge in [0.25, 0.3) is 0 Å². The first-order valence-electron chi connectivity index (χ1n) is 4.27. The van der Waals surface area contributed by atoms with E-state index >= 15 is 0 Å². The van der Waals surface area contributed by atoms with Crippen LogP contribution >= 0.6 is 22.6 Å². The van der Waals surface area contributed by atoms with Crippen LogP contribution < -0.4 is 0 Å². The van der Waals surface area contributed by atoms with E-state index in [4.69, 9.17) is 5.11 Å². The molecule has 1 N–H and O–H groups in total. The molecule has 0 saturated heterocycles. The molecule has 1 aromatic carbocycles. The molecule has 1 unspecified atom stereocenters. The van der Waals surface area contributed by atoms with Gasteiger partial charge >= 0.3 is 0 Å². The van der Waals surface area contributed by atoms with Gasteiger partial charge in [0.1, 0.15) is 0 Å². The molecule has 70 valence electrons. The van der Waals surface area contributed by atoms with E-state index in [0.29, 0.717) is 0 Å². The summed E-state index contributed by atoms with van der Waals surface area (Å²) in [5, 5.41) is 8.88. The number of aliphatic hydroxyl groups excluding tert-OH is 1. The number of hydrogen-bond donors (Lipinski definition) is 1. The van der Waals surface area contributed by atoms with Crippen LogP contribution in [-0.4, -0.2) is 11.7 Å². The van der Waals surface area contributed by atoms with Crippen LogP contribution in [0.1, 0.15) is 12.5 Å². The SMILES string of the molecule is CC(/C=C(\I)c1ccccc1)CO. The second-order valence-corrected chi connectivity index (χ2v) is 4.20. The molecule has 0 fully saturated rings. The highest BCUT2D eigenvalue weighted by Gasteiger charge is 1.99. The summed E-state index contributed by atoms with van der Waals surface area (Å²) in [6, 6.07) is 10.2. The van der Waals surface area contributed by atoms with E-state index in [-0.39, 0.29) is 12.5 Å². The average Bonchev–Trinajstić information content (AvgIpc) is 2.19. The third kappa shape index (κ3) is 3.48. The number of rotatable bonds is 3. The van der Waals surface area contributed by atoms with Crippen molar-refractivity contribution in [1.82, 2.24) is 0 Å². The van der Waals surface area contributed by atoms with Crippen molar-refractivity contribution in [2.75, 3.05) is 6.61 Å². The van der Waals surface area contributed by atoms with E-state index in [1.54, 1.807) is 0 Å². The van der Waals surface area contributed by atoms with E-state index in [1.807, 2.05) is 25.1 Å². The predicted molar refractivity (Wildman–Crippen MR) is 64.7 cm³/mol. The molecule has 1 aromatic rings. The average molecular weight is 288 g/mol. The van der Waals surface area contributed by atoms with Crippen molar-refractivity contribution in [2.24, 2.45) is 5.92 Å². The second kappa shape index (κ2) is 5.40. The van der Waals surface area contributed by atoms with Gasteiger partial charge in [0.05, 0.1) is 0 Å². The first kappa shape index (κ1) is 10.7. The highest BCUT2D eigenvalue weighted by molar-refractivity contribution is 14.1. The summed E-state index contributed by atoms with van der Waals surface area (Å²) in [5.41, 5.74) is 1.21. The van der Waals surface area contributed by atoms with Gasteiger partial charge in [0.2, 0.25) is 0 Å². The zero-order chi connectivity index (χ0) is 9.68. The Hall–Kier alpha value is -0.350. The minimum atomic E-state index is 0.208. The minimum Gasteiger partial charge on any atom is -0.396 e. The Labute approximate surface area is 92.6 Å². The molecular weight excluding hydrogens is 275 g/mol. The van der Waals surface area contributed by atoms with Crippen molar-refractivity contribution in [3.8, 4) is 0 Å². The molecule has 1 nitrogen and oxygen atoms in total. The molecule has 0 spiro atoms. The van der Waals surface area contributed by atoms with Gasteiger partial charge in [-0.25, -0.2) is 0 Å². The number of halogens is 1. The molecule has 2 heteroatoms. The van der Waals surface area contributed by atoms with Gasteiger partial charge in [0, 0.05) is 10.2 Å². The van der Waals surface area contributed by atoms with E-state index < -0.39 is 0 Å². The number of hydrogen-bond acceptors (Lipinski definition) is 1. The molecule has 13 heavy (non-hydrogen) atoms.